The van der Waals surface area contributed by atoms with Gasteiger partial charge < -0.3 is 10.6 Å². The maximum absolute atomic E-state index is 6.30. The third-order valence-corrected chi connectivity index (χ3v) is 4.22. The summed E-state index contributed by atoms with van der Waals surface area (Å²) in [5, 5.41) is 4.62. The highest BCUT2D eigenvalue weighted by Gasteiger charge is 2.26. The van der Waals surface area contributed by atoms with Crippen LogP contribution in [0, 0.1) is 6.92 Å². The van der Waals surface area contributed by atoms with E-state index in [0.29, 0.717) is 12.1 Å². The standard InChI is InChI=1S/C15H28N4/c1-5-18(13-9-7-6-8-10-13)15-14(16)12(4)17-19(15)11(2)3/h11,13H,5-10,16H2,1-4H3. The highest BCUT2D eigenvalue weighted by atomic mass is 15.4. The Hall–Kier alpha value is -1.19. The summed E-state index contributed by atoms with van der Waals surface area (Å²) in [6.07, 6.45) is 6.64. The van der Waals surface area contributed by atoms with E-state index in [2.05, 4.69) is 35.5 Å². The van der Waals surface area contributed by atoms with Gasteiger partial charge in [-0.25, -0.2) is 4.68 Å². The molecule has 1 aromatic rings. The second kappa shape index (κ2) is 5.85. The third-order valence-electron chi connectivity index (χ3n) is 4.22. The molecule has 0 aliphatic heterocycles. The summed E-state index contributed by atoms with van der Waals surface area (Å²) < 4.78 is 2.10. The fourth-order valence-electron chi connectivity index (χ4n) is 3.17. The van der Waals surface area contributed by atoms with Crippen molar-refractivity contribution in [2.24, 2.45) is 0 Å². The van der Waals surface area contributed by atoms with Crippen molar-refractivity contribution >= 4 is 11.5 Å². The zero-order valence-corrected chi connectivity index (χ0v) is 12.8. The van der Waals surface area contributed by atoms with Crippen LogP contribution in [0.1, 0.15) is 64.6 Å². The largest absolute Gasteiger partial charge is 0.394 e. The highest BCUT2D eigenvalue weighted by molar-refractivity contribution is 5.66. The third kappa shape index (κ3) is 2.72. The first-order valence-electron chi connectivity index (χ1n) is 7.67. The van der Waals surface area contributed by atoms with Gasteiger partial charge in [-0.15, -0.1) is 0 Å². The van der Waals surface area contributed by atoms with Crippen molar-refractivity contribution in [2.75, 3.05) is 17.2 Å². The fraction of sp³-hybridized carbons (Fsp3) is 0.800. The van der Waals surface area contributed by atoms with Crippen LogP contribution in [0.25, 0.3) is 0 Å². The summed E-state index contributed by atoms with van der Waals surface area (Å²) in [5.41, 5.74) is 8.12. The van der Waals surface area contributed by atoms with E-state index in [-0.39, 0.29) is 0 Å². The topological polar surface area (TPSA) is 47.1 Å². The Kier molecular flexibility index (Phi) is 4.38. The number of aromatic nitrogens is 2. The molecule has 1 aliphatic rings. The van der Waals surface area contributed by atoms with Crippen LogP contribution in [0.5, 0.6) is 0 Å². The van der Waals surface area contributed by atoms with Crippen molar-refractivity contribution in [3.63, 3.8) is 0 Å². The molecular weight excluding hydrogens is 236 g/mol. The van der Waals surface area contributed by atoms with Crippen molar-refractivity contribution < 1.29 is 0 Å². The van der Waals surface area contributed by atoms with Crippen molar-refractivity contribution in [3.05, 3.63) is 5.69 Å². The van der Waals surface area contributed by atoms with Crippen LogP contribution in [-0.2, 0) is 0 Å². The average molecular weight is 264 g/mol. The van der Waals surface area contributed by atoms with Crippen molar-refractivity contribution in [1.29, 1.82) is 0 Å². The molecule has 0 unspecified atom stereocenters. The first kappa shape index (κ1) is 14.2. The maximum atomic E-state index is 6.30. The lowest BCUT2D eigenvalue weighted by Crippen LogP contribution is -2.38. The van der Waals surface area contributed by atoms with E-state index in [1.54, 1.807) is 0 Å². The Balaban J connectivity index is 2.36. The van der Waals surface area contributed by atoms with Gasteiger partial charge in [0.2, 0.25) is 0 Å². The van der Waals surface area contributed by atoms with Gasteiger partial charge in [0.05, 0.1) is 11.4 Å². The van der Waals surface area contributed by atoms with Crippen LogP contribution < -0.4 is 10.6 Å². The van der Waals surface area contributed by atoms with Gasteiger partial charge in [-0.3, -0.25) is 0 Å². The van der Waals surface area contributed by atoms with Gasteiger partial charge in [-0.1, -0.05) is 19.3 Å². The quantitative estimate of drug-likeness (QED) is 0.905. The molecule has 1 heterocycles. The van der Waals surface area contributed by atoms with E-state index < -0.39 is 0 Å². The monoisotopic (exact) mass is 264 g/mol. The van der Waals surface area contributed by atoms with E-state index in [4.69, 9.17) is 5.73 Å². The Labute approximate surface area is 117 Å². The van der Waals surface area contributed by atoms with Crippen LogP contribution in [0.3, 0.4) is 0 Å². The minimum absolute atomic E-state index is 0.351. The first-order valence-corrected chi connectivity index (χ1v) is 7.67. The molecule has 108 valence electrons. The fourth-order valence-corrected chi connectivity index (χ4v) is 3.17. The summed E-state index contributed by atoms with van der Waals surface area (Å²) in [6, 6.07) is 0.985. The predicted octanol–water partition coefficient (Wildman–Crippen LogP) is 3.51. The number of rotatable bonds is 4. The van der Waals surface area contributed by atoms with E-state index >= 15 is 0 Å². The summed E-state index contributed by atoms with van der Waals surface area (Å²) in [7, 11) is 0. The second-order valence-electron chi connectivity index (χ2n) is 5.94. The zero-order valence-electron chi connectivity index (χ0n) is 12.8. The molecule has 0 radical (unpaired) electrons. The van der Waals surface area contributed by atoms with Gasteiger partial charge in [0, 0.05) is 18.6 Å². The molecule has 0 atom stereocenters. The Morgan fingerprint density at radius 3 is 2.47 bits per heavy atom. The van der Waals surface area contributed by atoms with Gasteiger partial charge in [0.15, 0.2) is 5.82 Å². The number of aryl methyl sites for hydroxylation is 1. The molecule has 1 fully saturated rings. The molecule has 4 heteroatoms. The summed E-state index contributed by atoms with van der Waals surface area (Å²) >= 11 is 0. The van der Waals surface area contributed by atoms with Crippen LogP contribution in [0.15, 0.2) is 0 Å². The number of nitrogen functional groups attached to an aromatic ring is 1. The Bertz CT molecular complexity index is 416. The summed E-state index contributed by atoms with van der Waals surface area (Å²) in [4.78, 5) is 2.48. The molecule has 4 nitrogen and oxygen atoms in total. The first-order chi connectivity index (χ1) is 9.06. The molecule has 0 bridgehead atoms. The van der Waals surface area contributed by atoms with E-state index in [1.165, 1.54) is 32.1 Å². The lowest BCUT2D eigenvalue weighted by Gasteiger charge is -2.36. The second-order valence-corrected chi connectivity index (χ2v) is 5.94. The molecule has 0 saturated heterocycles. The maximum Gasteiger partial charge on any atom is 0.151 e. The van der Waals surface area contributed by atoms with Gasteiger partial charge in [0.25, 0.3) is 0 Å². The van der Waals surface area contributed by atoms with Crippen LogP contribution in [-0.4, -0.2) is 22.4 Å². The van der Waals surface area contributed by atoms with E-state index in [0.717, 1.165) is 23.7 Å². The number of nitrogens with two attached hydrogens (primary N) is 1. The molecule has 19 heavy (non-hydrogen) atoms. The van der Waals surface area contributed by atoms with Crippen molar-refractivity contribution in [3.8, 4) is 0 Å². The molecule has 0 amide bonds. The highest BCUT2D eigenvalue weighted by Crippen LogP contribution is 2.34. The summed E-state index contributed by atoms with van der Waals surface area (Å²) in [6.45, 7) is 9.58. The Morgan fingerprint density at radius 2 is 1.95 bits per heavy atom. The molecule has 1 saturated carbocycles. The van der Waals surface area contributed by atoms with Crippen LogP contribution in [0.4, 0.5) is 11.5 Å². The van der Waals surface area contributed by atoms with Crippen LogP contribution >= 0.6 is 0 Å². The lowest BCUT2D eigenvalue weighted by molar-refractivity contribution is 0.407. The van der Waals surface area contributed by atoms with E-state index in [9.17, 15) is 0 Å². The molecule has 2 N–H and O–H groups in total. The van der Waals surface area contributed by atoms with Gasteiger partial charge >= 0.3 is 0 Å². The van der Waals surface area contributed by atoms with E-state index in [1.807, 2.05) is 6.92 Å². The molecular formula is C15H28N4. The van der Waals surface area contributed by atoms with Crippen molar-refractivity contribution in [2.45, 2.75) is 71.9 Å². The summed E-state index contributed by atoms with van der Waals surface area (Å²) in [5.74, 6) is 1.14. The molecule has 1 aliphatic carbocycles. The normalized spacial score (nSPS) is 17.1. The van der Waals surface area contributed by atoms with Crippen LogP contribution in [0.2, 0.25) is 0 Å². The minimum atomic E-state index is 0.351. The average Bonchev–Trinajstić information content (AvgIpc) is 2.70. The Morgan fingerprint density at radius 1 is 1.32 bits per heavy atom. The van der Waals surface area contributed by atoms with Crippen molar-refractivity contribution in [1.82, 2.24) is 9.78 Å². The lowest BCUT2D eigenvalue weighted by atomic mass is 9.94. The van der Waals surface area contributed by atoms with Gasteiger partial charge in [0.1, 0.15) is 0 Å². The smallest absolute Gasteiger partial charge is 0.151 e. The SMILES string of the molecule is CCN(c1c(N)c(C)nn1C(C)C)C1CCCCC1. The number of hydrogen-bond acceptors (Lipinski definition) is 3. The van der Waals surface area contributed by atoms with Gasteiger partial charge in [-0.05, 0) is 40.5 Å². The molecule has 2 rings (SSSR count). The number of hydrogen-bond donors (Lipinski definition) is 1. The minimum Gasteiger partial charge on any atom is -0.394 e. The zero-order chi connectivity index (χ0) is 14.0. The molecule has 0 spiro atoms. The number of nitrogens with zero attached hydrogens (tertiary/aromatic N) is 3. The molecule has 1 aromatic heterocycles. The molecule has 0 aromatic carbocycles. The number of anilines is 2. The van der Waals surface area contributed by atoms with Gasteiger partial charge in [-0.2, -0.15) is 5.10 Å². The predicted molar refractivity (Wildman–Crippen MR) is 81.7 cm³/mol.